The summed E-state index contributed by atoms with van der Waals surface area (Å²) >= 11 is 0. The molecule has 1 amide bonds. The number of rotatable bonds is 7. The van der Waals surface area contributed by atoms with Gasteiger partial charge in [0.15, 0.2) is 0 Å². The van der Waals surface area contributed by atoms with Crippen molar-refractivity contribution in [1.29, 1.82) is 0 Å². The van der Waals surface area contributed by atoms with Gasteiger partial charge in [0.1, 0.15) is 5.75 Å². The average Bonchev–Trinajstić information content (AvgIpc) is 2.55. The molecule has 0 bridgehead atoms. The molecular weight excluding hydrogens is 278 g/mol. The van der Waals surface area contributed by atoms with Gasteiger partial charge in [-0.2, -0.15) is 0 Å². The zero-order chi connectivity index (χ0) is 15.8. The summed E-state index contributed by atoms with van der Waals surface area (Å²) in [4.78, 5) is 12.2. The molecule has 0 aromatic heterocycles. The average molecular weight is 299 g/mol. The van der Waals surface area contributed by atoms with E-state index in [4.69, 9.17) is 4.74 Å². The highest BCUT2D eigenvalue weighted by Crippen LogP contribution is 2.17. The van der Waals surface area contributed by atoms with E-state index in [1.165, 1.54) is 0 Å². The van der Waals surface area contributed by atoms with Gasteiger partial charge in [-0.15, -0.1) is 0 Å². The molecule has 0 radical (unpaired) electrons. The van der Waals surface area contributed by atoms with Crippen LogP contribution in [0.3, 0.4) is 0 Å². The zero-order valence-electron chi connectivity index (χ0n) is 12.7. The minimum absolute atomic E-state index is 0.0268. The molecule has 0 aliphatic carbocycles. The normalized spacial score (nSPS) is 11.7. The van der Waals surface area contributed by atoms with Crippen molar-refractivity contribution in [3.8, 4) is 5.75 Å². The first-order chi connectivity index (χ1) is 10.7. The predicted octanol–water partition coefficient (Wildman–Crippen LogP) is 2.48. The first kappa shape index (κ1) is 16.0. The predicted molar refractivity (Wildman–Crippen MR) is 85.7 cm³/mol. The van der Waals surface area contributed by atoms with Gasteiger partial charge in [0.2, 0.25) is 5.91 Å². The third-order valence-electron chi connectivity index (χ3n) is 3.45. The van der Waals surface area contributed by atoms with Crippen molar-refractivity contribution in [3.63, 3.8) is 0 Å². The molecule has 0 heterocycles. The molecule has 22 heavy (non-hydrogen) atoms. The topological polar surface area (TPSA) is 58.6 Å². The molecule has 2 N–H and O–H groups in total. The maximum atomic E-state index is 12.2. The monoisotopic (exact) mass is 299 g/mol. The summed E-state index contributed by atoms with van der Waals surface area (Å²) in [5.74, 6) is 0.663. The Morgan fingerprint density at radius 2 is 1.95 bits per heavy atom. The summed E-state index contributed by atoms with van der Waals surface area (Å²) in [5, 5.41) is 12.2. The van der Waals surface area contributed by atoms with Gasteiger partial charge in [-0.25, -0.2) is 0 Å². The van der Waals surface area contributed by atoms with Gasteiger partial charge in [-0.3, -0.25) is 4.79 Å². The van der Waals surface area contributed by atoms with Crippen molar-refractivity contribution in [2.45, 2.75) is 18.9 Å². The van der Waals surface area contributed by atoms with Crippen molar-refractivity contribution < 1.29 is 14.6 Å². The number of hydrogen-bond donors (Lipinski definition) is 2. The van der Waals surface area contributed by atoms with Gasteiger partial charge in [0.25, 0.3) is 0 Å². The second-order valence-corrected chi connectivity index (χ2v) is 5.07. The Bertz CT molecular complexity index is 598. The van der Waals surface area contributed by atoms with Gasteiger partial charge in [0.05, 0.1) is 19.6 Å². The Morgan fingerprint density at radius 3 is 2.64 bits per heavy atom. The van der Waals surface area contributed by atoms with Crippen LogP contribution < -0.4 is 10.1 Å². The fraction of sp³-hybridized carbons (Fsp3) is 0.278. The molecule has 2 aromatic carbocycles. The largest absolute Gasteiger partial charge is 0.497 e. The number of nitrogens with one attached hydrogen (secondary N) is 1. The third-order valence-corrected chi connectivity index (χ3v) is 3.45. The van der Waals surface area contributed by atoms with Crippen LogP contribution in [0.4, 0.5) is 0 Å². The number of benzene rings is 2. The fourth-order valence-electron chi connectivity index (χ4n) is 2.35. The SMILES string of the molecule is COc1cccc(CC(=O)NC(CCO)c2ccccc2)c1. The highest BCUT2D eigenvalue weighted by molar-refractivity contribution is 5.79. The van der Waals surface area contributed by atoms with Crippen LogP contribution in [0, 0.1) is 0 Å². The van der Waals surface area contributed by atoms with Crippen LogP contribution >= 0.6 is 0 Å². The van der Waals surface area contributed by atoms with Crippen molar-refractivity contribution >= 4 is 5.91 Å². The van der Waals surface area contributed by atoms with E-state index in [9.17, 15) is 9.90 Å². The summed E-state index contributed by atoms with van der Waals surface area (Å²) in [6.07, 6.45) is 0.778. The van der Waals surface area contributed by atoms with E-state index in [-0.39, 0.29) is 25.0 Å². The van der Waals surface area contributed by atoms with Crippen LogP contribution in [-0.4, -0.2) is 24.7 Å². The number of methoxy groups -OCH3 is 1. The molecule has 0 saturated carbocycles. The Labute approximate surface area is 130 Å². The lowest BCUT2D eigenvalue weighted by Gasteiger charge is -2.18. The molecule has 1 atom stereocenters. The van der Waals surface area contributed by atoms with Gasteiger partial charge in [-0.05, 0) is 29.7 Å². The molecule has 2 rings (SSSR count). The Hall–Kier alpha value is -2.33. The first-order valence-corrected chi connectivity index (χ1v) is 7.31. The molecule has 2 aromatic rings. The Kier molecular flexibility index (Phi) is 5.98. The highest BCUT2D eigenvalue weighted by atomic mass is 16.5. The number of ether oxygens (including phenoxy) is 1. The minimum atomic E-state index is -0.177. The second kappa shape index (κ2) is 8.20. The molecule has 4 heteroatoms. The van der Waals surface area contributed by atoms with E-state index in [0.29, 0.717) is 6.42 Å². The summed E-state index contributed by atoms with van der Waals surface area (Å²) in [7, 11) is 1.60. The number of aliphatic hydroxyl groups excluding tert-OH is 1. The van der Waals surface area contributed by atoms with Crippen LogP contribution in [0.1, 0.15) is 23.6 Å². The maximum Gasteiger partial charge on any atom is 0.224 e. The van der Waals surface area contributed by atoms with Gasteiger partial charge in [-0.1, -0.05) is 42.5 Å². The van der Waals surface area contributed by atoms with Crippen molar-refractivity contribution in [2.75, 3.05) is 13.7 Å². The third kappa shape index (κ3) is 4.60. The van der Waals surface area contributed by atoms with Crippen LogP contribution in [0.2, 0.25) is 0 Å². The summed E-state index contributed by atoms with van der Waals surface area (Å²) in [6, 6.07) is 17.0. The van der Waals surface area contributed by atoms with Crippen LogP contribution in [-0.2, 0) is 11.2 Å². The van der Waals surface area contributed by atoms with Gasteiger partial charge in [0, 0.05) is 6.61 Å². The summed E-state index contributed by atoms with van der Waals surface area (Å²) in [5.41, 5.74) is 1.89. The Morgan fingerprint density at radius 1 is 1.18 bits per heavy atom. The molecule has 0 saturated heterocycles. The standard InChI is InChI=1S/C18H21NO3/c1-22-16-9-5-6-14(12-16)13-18(21)19-17(10-11-20)15-7-3-2-4-8-15/h2-9,12,17,20H,10-11,13H2,1H3,(H,19,21). The molecule has 0 aliphatic heterocycles. The van der Waals surface area contributed by atoms with E-state index in [1.54, 1.807) is 7.11 Å². The maximum absolute atomic E-state index is 12.2. The number of amides is 1. The van der Waals surface area contributed by atoms with E-state index in [1.807, 2.05) is 54.6 Å². The number of carbonyl (C=O) groups is 1. The molecule has 4 nitrogen and oxygen atoms in total. The van der Waals surface area contributed by atoms with Crippen LogP contribution in [0.5, 0.6) is 5.75 Å². The lowest BCUT2D eigenvalue weighted by Crippen LogP contribution is -2.30. The first-order valence-electron chi connectivity index (χ1n) is 7.31. The molecule has 0 fully saturated rings. The van der Waals surface area contributed by atoms with E-state index >= 15 is 0 Å². The molecule has 0 spiro atoms. The highest BCUT2D eigenvalue weighted by Gasteiger charge is 2.14. The van der Waals surface area contributed by atoms with E-state index in [0.717, 1.165) is 16.9 Å². The van der Waals surface area contributed by atoms with Crippen molar-refractivity contribution in [1.82, 2.24) is 5.32 Å². The van der Waals surface area contributed by atoms with Gasteiger partial charge < -0.3 is 15.2 Å². The minimum Gasteiger partial charge on any atom is -0.497 e. The van der Waals surface area contributed by atoms with Crippen molar-refractivity contribution in [3.05, 3.63) is 65.7 Å². The summed E-state index contributed by atoms with van der Waals surface area (Å²) in [6.45, 7) is 0.0268. The number of hydrogen-bond acceptors (Lipinski definition) is 3. The molecule has 1 unspecified atom stereocenters. The lowest BCUT2D eigenvalue weighted by atomic mass is 10.0. The number of aliphatic hydroxyl groups is 1. The van der Waals surface area contributed by atoms with Crippen LogP contribution in [0.15, 0.2) is 54.6 Å². The smallest absolute Gasteiger partial charge is 0.224 e. The fourth-order valence-corrected chi connectivity index (χ4v) is 2.35. The zero-order valence-corrected chi connectivity index (χ0v) is 12.7. The van der Waals surface area contributed by atoms with Crippen molar-refractivity contribution in [2.24, 2.45) is 0 Å². The van der Waals surface area contributed by atoms with E-state index in [2.05, 4.69) is 5.32 Å². The Balaban J connectivity index is 2.02. The number of carbonyl (C=O) groups excluding carboxylic acids is 1. The quantitative estimate of drug-likeness (QED) is 0.826. The molecular formula is C18H21NO3. The van der Waals surface area contributed by atoms with E-state index < -0.39 is 0 Å². The summed E-state index contributed by atoms with van der Waals surface area (Å²) < 4.78 is 5.16. The van der Waals surface area contributed by atoms with Gasteiger partial charge >= 0.3 is 0 Å². The lowest BCUT2D eigenvalue weighted by molar-refractivity contribution is -0.121. The molecule has 116 valence electrons. The second-order valence-electron chi connectivity index (χ2n) is 5.07. The molecule has 0 aliphatic rings. The van der Waals surface area contributed by atoms with Crippen LogP contribution in [0.25, 0.3) is 0 Å².